The maximum absolute atomic E-state index is 12.6. The van der Waals surface area contributed by atoms with E-state index in [4.69, 9.17) is 4.98 Å². The number of nitrogens with zero attached hydrogens (tertiary/aromatic N) is 4. The Morgan fingerprint density at radius 1 is 1.10 bits per heavy atom. The topological polar surface area (TPSA) is 71.0 Å². The molecule has 1 saturated heterocycles. The van der Waals surface area contributed by atoms with Gasteiger partial charge in [-0.05, 0) is 49.9 Å². The first kappa shape index (κ1) is 20.0. The van der Waals surface area contributed by atoms with Crippen molar-refractivity contribution in [1.82, 2.24) is 20.3 Å². The van der Waals surface area contributed by atoms with Gasteiger partial charge in [0, 0.05) is 42.7 Å². The number of rotatable bonds is 5. The first-order valence-electron chi connectivity index (χ1n) is 10.5. The number of hydrogen-bond acceptors (Lipinski definition) is 5. The molecule has 0 bridgehead atoms. The number of carbonyl (C=O) groups is 1. The largest absolute Gasteiger partial charge is 0.356 e. The van der Waals surface area contributed by atoms with Crippen molar-refractivity contribution in [3.8, 4) is 11.5 Å². The van der Waals surface area contributed by atoms with E-state index in [9.17, 15) is 4.79 Å². The summed E-state index contributed by atoms with van der Waals surface area (Å²) in [6.07, 6.45) is 4.39. The van der Waals surface area contributed by atoms with Gasteiger partial charge in [-0.25, -0.2) is 9.97 Å². The van der Waals surface area contributed by atoms with E-state index in [1.54, 1.807) is 6.20 Å². The number of aromatic nitrogens is 3. The lowest BCUT2D eigenvalue weighted by molar-refractivity contribution is 0.0930. The number of aryl methyl sites for hydroxylation is 2. The third-order valence-corrected chi connectivity index (χ3v) is 5.57. The van der Waals surface area contributed by atoms with Gasteiger partial charge in [-0.1, -0.05) is 31.2 Å². The summed E-state index contributed by atoms with van der Waals surface area (Å²) in [6.45, 7) is 5.76. The molecule has 1 N–H and O–H groups in total. The standard InChI is InChI=1S/C24H27N5O/c1-3-18-16-22(28-23(26-18)21-10-6-7-13-25-21)29-14-11-19(12-15-29)27-24(30)20-9-5-4-8-17(20)2/h4-10,13,16,19H,3,11-12,14-15H2,1-2H3,(H,27,30). The Morgan fingerprint density at radius 3 is 2.57 bits per heavy atom. The van der Waals surface area contributed by atoms with E-state index in [1.165, 1.54) is 0 Å². The predicted molar refractivity (Wildman–Crippen MR) is 119 cm³/mol. The van der Waals surface area contributed by atoms with Crippen molar-refractivity contribution in [2.75, 3.05) is 18.0 Å². The smallest absolute Gasteiger partial charge is 0.251 e. The van der Waals surface area contributed by atoms with Crippen molar-refractivity contribution in [2.45, 2.75) is 39.2 Å². The molecule has 0 unspecified atom stereocenters. The highest BCUT2D eigenvalue weighted by atomic mass is 16.1. The maximum Gasteiger partial charge on any atom is 0.251 e. The molecule has 6 nitrogen and oxygen atoms in total. The SMILES string of the molecule is CCc1cc(N2CCC(NC(=O)c3ccccc3C)CC2)nc(-c2ccccn2)n1. The molecule has 1 aromatic carbocycles. The number of nitrogens with one attached hydrogen (secondary N) is 1. The van der Waals surface area contributed by atoms with Crippen molar-refractivity contribution in [3.05, 3.63) is 71.5 Å². The van der Waals surface area contributed by atoms with Gasteiger partial charge in [0.2, 0.25) is 0 Å². The third kappa shape index (κ3) is 4.48. The number of pyridine rings is 1. The molecule has 0 spiro atoms. The molecule has 30 heavy (non-hydrogen) atoms. The molecule has 0 radical (unpaired) electrons. The van der Waals surface area contributed by atoms with Crippen LogP contribution in [0.4, 0.5) is 5.82 Å². The summed E-state index contributed by atoms with van der Waals surface area (Å²) in [6, 6.07) is 15.7. The average Bonchev–Trinajstić information content (AvgIpc) is 2.80. The molecule has 0 aliphatic carbocycles. The molecule has 1 aliphatic heterocycles. The van der Waals surface area contributed by atoms with E-state index in [0.29, 0.717) is 5.82 Å². The van der Waals surface area contributed by atoms with E-state index >= 15 is 0 Å². The number of amides is 1. The van der Waals surface area contributed by atoms with Gasteiger partial charge in [0.15, 0.2) is 5.82 Å². The third-order valence-electron chi connectivity index (χ3n) is 5.57. The summed E-state index contributed by atoms with van der Waals surface area (Å²) in [5, 5.41) is 3.20. The van der Waals surface area contributed by atoms with E-state index in [0.717, 1.165) is 60.7 Å². The second-order valence-electron chi connectivity index (χ2n) is 7.66. The molecule has 3 heterocycles. The Labute approximate surface area is 177 Å². The van der Waals surface area contributed by atoms with Crippen molar-refractivity contribution in [1.29, 1.82) is 0 Å². The molecule has 1 amide bonds. The summed E-state index contributed by atoms with van der Waals surface area (Å²) >= 11 is 0. The van der Waals surface area contributed by atoms with Crippen LogP contribution < -0.4 is 10.2 Å². The van der Waals surface area contributed by atoms with Crippen molar-refractivity contribution >= 4 is 11.7 Å². The van der Waals surface area contributed by atoms with Crippen LogP contribution in [0.25, 0.3) is 11.5 Å². The van der Waals surface area contributed by atoms with Gasteiger partial charge in [0.1, 0.15) is 11.5 Å². The van der Waals surface area contributed by atoms with Crippen LogP contribution in [-0.2, 0) is 6.42 Å². The molecule has 154 valence electrons. The fraction of sp³-hybridized carbons (Fsp3) is 0.333. The summed E-state index contributed by atoms with van der Waals surface area (Å²) in [5.41, 5.74) is 3.55. The zero-order chi connectivity index (χ0) is 20.9. The lowest BCUT2D eigenvalue weighted by Gasteiger charge is -2.33. The minimum Gasteiger partial charge on any atom is -0.356 e. The van der Waals surface area contributed by atoms with E-state index in [-0.39, 0.29) is 11.9 Å². The Morgan fingerprint density at radius 2 is 1.87 bits per heavy atom. The van der Waals surface area contributed by atoms with Gasteiger partial charge < -0.3 is 10.2 Å². The second-order valence-corrected chi connectivity index (χ2v) is 7.66. The number of anilines is 1. The molecule has 2 aromatic heterocycles. The molecular formula is C24H27N5O. The molecule has 0 saturated carbocycles. The molecule has 6 heteroatoms. The Bertz CT molecular complexity index is 1010. The lowest BCUT2D eigenvalue weighted by atomic mass is 10.0. The summed E-state index contributed by atoms with van der Waals surface area (Å²) in [7, 11) is 0. The monoisotopic (exact) mass is 401 g/mol. The number of hydrogen-bond donors (Lipinski definition) is 1. The Hall–Kier alpha value is -3.28. The highest BCUT2D eigenvalue weighted by Gasteiger charge is 2.23. The normalized spacial score (nSPS) is 14.5. The molecule has 1 aliphatic rings. The van der Waals surface area contributed by atoms with Gasteiger partial charge in [0.25, 0.3) is 5.91 Å². The average molecular weight is 402 g/mol. The van der Waals surface area contributed by atoms with Gasteiger partial charge in [0.05, 0.1) is 0 Å². The highest BCUT2D eigenvalue weighted by molar-refractivity contribution is 5.95. The van der Waals surface area contributed by atoms with Crippen molar-refractivity contribution < 1.29 is 4.79 Å². The van der Waals surface area contributed by atoms with Crippen LogP contribution in [0.2, 0.25) is 0 Å². The fourth-order valence-electron chi connectivity index (χ4n) is 3.78. The van der Waals surface area contributed by atoms with Crippen LogP contribution in [-0.4, -0.2) is 40.0 Å². The maximum atomic E-state index is 12.6. The molecule has 4 rings (SSSR count). The fourth-order valence-corrected chi connectivity index (χ4v) is 3.78. The Kier molecular flexibility index (Phi) is 6.02. The number of piperidine rings is 1. The summed E-state index contributed by atoms with van der Waals surface area (Å²) in [4.78, 5) is 28.7. The quantitative estimate of drug-likeness (QED) is 0.704. The second kappa shape index (κ2) is 9.03. The Balaban J connectivity index is 1.44. The van der Waals surface area contributed by atoms with Gasteiger partial charge >= 0.3 is 0 Å². The number of carbonyl (C=O) groups excluding carboxylic acids is 1. The first-order valence-corrected chi connectivity index (χ1v) is 10.5. The molecular weight excluding hydrogens is 374 g/mol. The zero-order valence-corrected chi connectivity index (χ0v) is 17.5. The van der Waals surface area contributed by atoms with E-state index < -0.39 is 0 Å². The predicted octanol–water partition coefficient (Wildman–Crippen LogP) is 3.81. The van der Waals surface area contributed by atoms with Crippen LogP contribution in [0.3, 0.4) is 0 Å². The van der Waals surface area contributed by atoms with Crippen molar-refractivity contribution in [3.63, 3.8) is 0 Å². The number of benzene rings is 1. The minimum absolute atomic E-state index is 0.0132. The minimum atomic E-state index is 0.0132. The molecule has 1 fully saturated rings. The van der Waals surface area contributed by atoms with E-state index in [2.05, 4.69) is 33.2 Å². The van der Waals surface area contributed by atoms with E-state index in [1.807, 2.05) is 49.4 Å². The van der Waals surface area contributed by atoms with Crippen LogP contribution >= 0.6 is 0 Å². The van der Waals surface area contributed by atoms with Gasteiger partial charge in [-0.2, -0.15) is 0 Å². The summed E-state index contributed by atoms with van der Waals surface area (Å²) < 4.78 is 0. The van der Waals surface area contributed by atoms with Gasteiger partial charge in [-0.3, -0.25) is 9.78 Å². The van der Waals surface area contributed by atoms with Gasteiger partial charge in [-0.15, -0.1) is 0 Å². The summed E-state index contributed by atoms with van der Waals surface area (Å²) in [5.74, 6) is 1.62. The van der Waals surface area contributed by atoms with Crippen molar-refractivity contribution in [2.24, 2.45) is 0 Å². The zero-order valence-electron chi connectivity index (χ0n) is 17.5. The van der Waals surface area contributed by atoms with Crippen LogP contribution in [0, 0.1) is 6.92 Å². The molecule has 3 aromatic rings. The highest BCUT2D eigenvalue weighted by Crippen LogP contribution is 2.23. The lowest BCUT2D eigenvalue weighted by Crippen LogP contribution is -2.45. The molecule has 0 atom stereocenters. The first-order chi connectivity index (χ1) is 14.6. The van der Waals surface area contributed by atoms with Crippen LogP contribution in [0.5, 0.6) is 0 Å². The van der Waals surface area contributed by atoms with Crippen LogP contribution in [0.15, 0.2) is 54.7 Å². The van der Waals surface area contributed by atoms with Crippen LogP contribution in [0.1, 0.15) is 41.4 Å².